The first-order valence-corrected chi connectivity index (χ1v) is 5.93. The van der Waals surface area contributed by atoms with E-state index < -0.39 is 5.41 Å². The number of nitrogens with zero attached hydrogens (tertiary/aromatic N) is 3. The molecule has 1 aliphatic rings. The summed E-state index contributed by atoms with van der Waals surface area (Å²) in [6, 6.07) is 5.63. The normalized spacial score (nSPS) is 22.6. The molecule has 1 fully saturated rings. The van der Waals surface area contributed by atoms with Gasteiger partial charge in [0.05, 0.1) is 11.0 Å². The summed E-state index contributed by atoms with van der Waals surface area (Å²) < 4.78 is 0. The van der Waals surface area contributed by atoms with Gasteiger partial charge in [0, 0.05) is 26.3 Å². The summed E-state index contributed by atoms with van der Waals surface area (Å²) in [6.45, 7) is 3.29. The Morgan fingerprint density at radius 3 is 3.11 bits per heavy atom. The van der Waals surface area contributed by atoms with Gasteiger partial charge in [-0.15, -0.1) is 0 Å². The van der Waals surface area contributed by atoms with Crippen LogP contribution in [0.25, 0.3) is 0 Å². The third kappa shape index (κ3) is 2.02. The molecule has 1 atom stereocenters. The fourth-order valence-corrected chi connectivity index (χ4v) is 2.37. The molecule has 0 bridgehead atoms. The van der Waals surface area contributed by atoms with E-state index in [4.69, 9.17) is 5.26 Å². The molecule has 0 radical (unpaired) electrons. The monoisotopic (exact) mass is 244 g/mol. The van der Waals surface area contributed by atoms with E-state index in [-0.39, 0.29) is 5.91 Å². The highest BCUT2D eigenvalue weighted by atomic mass is 16.2. The highest BCUT2D eigenvalue weighted by Crippen LogP contribution is 2.33. The molecule has 1 unspecified atom stereocenters. The van der Waals surface area contributed by atoms with Gasteiger partial charge in [-0.1, -0.05) is 0 Å². The number of hydrogen-bond acceptors (Lipinski definition) is 4. The number of carbonyl (C=O) groups excluding carboxylic acids is 1. The van der Waals surface area contributed by atoms with Gasteiger partial charge in [0.2, 0.25) is 5.91 Å². The molecular weight excluding hydrogens is 228 g/mol. The molecule has 2 heterocycles. The van der Waals surface area contributed by atoms with E-state index in [9.17, 15) is 4.79 Å². The van der Waals surface area contributed by atoms with Crippen molar-refractivity contribution >= 4 is 11.7 Å². The van der Waals surface area contributed by atoms with E-state index in [2.05, 4.69) is 16.4 Å². The zero-order chi connectivity index (χ0) is 13.2. The molecule has 1 amide bonds. The number of anilines is 1. The van der Waals surface area contributed by atoms with Crippen molar-refractivity contribution in [1.82, 2.24) is 10.3 Å². The Balaban J connectivity index is 2.24. The van der Waals surface area contributed by atoms with Crippen molar-refractivity contribution in [2.24, 2.45) is 5.41 Å². The summed E-state index contributed by atoms with van der Waals surface area (Å²) in [5.74, 6) is 0.715. The van der Waals surface area contributed by atoms with Crippen molar-refractivity contribution in [3.8, 4) is 6.07 Å². The quantitative estimate of drug-likeness (QED) is 0.839. The van der Waals surface area contributed by atoms with Gasteiger partial charge in [-0.05, 0) is 25.5 Å². The Bertz CT molecular complexity index is 508. The number of nitrogens with one attached hydrogen (secondary N) is 1. The van der Waals surface area contributed by atoms with Gasteiger partial charge >= 0.3 is 0 Å². The average molecular weight is 244 g/mol. The standard InChI is InChI=1S/C13H16N4O/c1-13(12(18)15-2)5-7-17(9-13)11-10(8-14)4-3-6-16-11/h3-4,6H,5,7,9H2,1-2H3,(H,15,18). The summed E-state index contributed by atoms with van der Waals surface area (Å²) >= 11 is 0. The van der Waals surface area contributed by atoms with Crippen LogP contribution >= 0.6 is 0 Å². The molecular formula is C13H16N4O. The second kappa shape index (κ2) is 4.65. The zero-order valence-corrected chi connectivity index (χ0v) is 10.6. The van der Waals surface area contributed by atoms with E-state index in [1.165, 1.54) is 0 Å². The third-order valence-corrected chi connectivity index (χ3v) is 3.46. The lowest BCUT2D eigenvalue weighted by atomic mass is 9.89. The van der Waals surface area contributed by atoms with Crippen molar-refractivity contribution in [3.05, 3.63) is 23.9 Å². The summed E-state index contributed by atoms with van der Waals surface area (Å²) in [5, 5.41) is 11.8. The van der Waals surface area contributed by atoms with E-state index >= 15 is 0 Å². The maximum absolute atomic E-state index is 11.8. The van der Waals surface area contributed by atoms with E-state index in [1.54, 1.807) is 25.4 Å². The van der Waals surface area contributed by atoms with Gasteiger partial charge in [-0.2, -0.15) is 5.26 Å². The number of rotatable bonds is 2. The molecule has 1 saturated heterocycles. The van der Waals surface area contributed by atoms with Crippen LogP contribution in [0, 0.1) is 16.7 Å². The predicted molar refractivity (Wildman–Crippen MR) is 68.0 cm³/mol. The number of pyridine rings is 1. The number of hydrogen-bond donors (Lipinski definition) is 1. The second-order valence-corrected chi connectivity index (χ2v) is 4.80. The minimum Gasteiger partial charge on any atom is -0.359 e. The van der Waals surface area contributed by atoms with Crippen LogP contribution in [0.2, 0.25) is 0 Å². The zero-order valence-electron chi connectivity index (χ0n) is 10.6. The summed E-state index contributed by atoms with van der Waals surface area (Å²) in [7, 11) is 1.65. The Morgan fingerprint density at radius 2 is 2.44 bits per heavy atom. The minimum atomic E-state index is -0.404. The molecule has 94 valence electrons. The Hall–Kier alpha value is -2.09. The van der Waals surface area contributed by atoms with Crippen LogP contribution in [0.5, 0.6) is 0 Å². The van der Waals surface area contributed by atoms with E-state index in [0.29, 0.717) is 17.9 Å². The third-order valence-electron chi connectivity index (χ3n) is 3.46. The van der Waals surface area contributed by atoms with Gasteiger partial charge in [-0.25, -0.2) is 4.98 Å². The van der Waals surface area contributed by atoms with Crippen molar-refractivity contribution in [1.29, 1.82) is 5.26 Å². The summed E-state index contributed by atoms with van der Waals surface area (Å²) in [6.07, 6.45) is 2.44. The van der Waals surface area contributed by atoms with Crippen molar-refractivity contribution in [2.45, 2.75) is 13.3 Å². The molecule has 0 aliphatic carbocycles. The molecule has 0 aromatic carbocycles. The van der Waals surface area contributed by atoms with Crippen molar-refractivity contribution in [3.63, 3.8) is 0 Å². The van der Waals surface area contributed by atoms with Gasteiger partial charge in [0.1, 0.15) is 11.9 Å². The molecule has 1 aromatic rings. The molecule has 0 saturated carbocycles. The predicted octanol–water partition coefficient (Wildman–Crippen LogP) is 0.916. The largest absolute Gasteiger partial charge is 0.359 e. The average Bonchev–Trinajstić information content (AvgIpc) is 2.81. The fourth-order valence-electron chi connectivity index (χ4n) is 2.37. The van der Waals surface area contributed by atoms with Crippen LogP contribution in [-0.4, -0.2) is 31.0 Å². The van der Waals surface area contributed by atoms with Gasteiger partial charge in [-0.3, -0.25) is 4.79 Å². The molecule has 2 rings (SSSR count). The van der Waals surface area contributed by atoms with Crippen LogP contribution in [0.1, 0.15) is 18.9 Å². The van der Waals surface area contributed by atoms with E-state index in [0.717, 1.165) is 13.0 Å². The lowest BCUT2D eigenvalue weighted by Crippen LogP contribution is -2.39. The van der Waals surface area contributed by atoms with Crippen LogP contribution in [-0.2, 0) is 4.79 Å². The summed E-state index contributed by atoms with van der Waals surface area (Å²) in [5.41, 5.74) is 0.151. The topological polar surface area (TPSA) is 69.0 Å². The summed E-state index contributed by atoms with van der Waals surface area (Å²) in [4.78, 5) is 18.1. The maximum atomic E-state index is 11.8. The maximum Gasteiger partial charge on any atom is 0.227 e. The van der Waals surface area contributed by atoms with Crippen LogP contribution in [0.15, 0.2) is 18.3 Å². The van der Waals surface area contributed by atoms with Crippen LogP contribution in [0.3, 0.4) is 0 Å². The first kappa shape index (κ1) is 12.4. The fraction of sp³-hybridized carbons (Fsp3) is 0.462. The highest BCUT2D eigenvalue weighted by Gasteiger charge is 2.40. The number of amides is 1. The molecule has 0 spiro atoms. The lowest BCUT2D eigenvalue weighted by molar-refractivity contribution is -0.128. The molecule has 1 N–H and O–H groups in total. The Kier molecular flexibility index (Phi) is 3.19. The molecule has 1 aromatic heterocycles. The van der Waals surface area contributed by atoms with Gasteiger partial charge in [0.25, 0.3) is 0 Å². The van der Waals surface area contributed by atoms with Crippen LogP contribution < -0.4 is 10.2 Å². The second-order valence-electron chi connectivity index (χ2n) is 4.80. The Morgan fingerprint density at radius 1 is 1.67 bits per heavy atom. The minimum absolute atomic E-state index is 0.0411. The first-order chi connectivity index (χ1) is 8.60. The molecule has 5 heteroatoms. The molecule has 5 nitrogen and oxygen atoms in total. The van der Waals surface area contributed by atoms with Gasteiger partial charge < -0.3 is 10.2 Å². The van der Waals surface area contributed by atoms with Crippen LogP contribution in [0.4, 0.5) is 5.82 Å². The Labute approximate surface area is 106 Å². The number of carbonyl (C=O) groups is 1. The van der Waals surface area contributed by atoms with Gasteiger partial charge in [0.15, 0.2) is 0 Å². The molecule has 1 aliphatic heterocycles. The number of aromatic nitrogens is 1. The number of nitriles is 1. The van der Waals surface area contributed by atoms with Crippen molar-refractivity contribution < 1.29 is 4.79 Å². The van der Waals surface area contributed by atoms with E-state index in [1.807, 2.05) is 11.8 Å². The smallest absolute Gasteiger partial charge is 0.227 e. The SMILES string of the molecule is CNC(=O)C1(C)CCN(c2ncccc2C#N)C1. The molecule has 18 heavy (non-hydrogen) atoms. The highest BCUT2D eigenvalue weighted by molar-refractivity contribution is 5.83. The van der Waals surface area contributed by atoms with Crippen molar-refractivity contribution in [2.75, 3.05) is 25.0 Å². The first-order valence-electron chi connectivity index (χ1n) is 5.93. The lowest BCUT2D eigenvalue weighted by Gasteiger charge is -2.23.